The van der Waals surface area contributed by atoms with E-state index in [1.54, 1.807) is 12.2 Å². The molecule has 0 radical (unpaired) electrons. The van der Waals surface area contributed by atoms with E-state index in [1.165, 1.54) is 24.7 Å². The first-order chi connectivity index (χ1) is 8.04. The lowest BCUT2D eigenvalue weighted by Gasteiger charge is -2.20. The van der Waals surface area contributed by atoms with Gasteiger partial charge in [0.05, 0.1) is 0 Å². The van der Waals surface area contributed by atoms with Crippen molar-refractivity contribution in [1.29, 1.82) is 0 Å². The first kappa shape index (κ1) is 16.3. The summed E-state index contributed by atoms with van der Waals surface area (Å²) in [5.41, 5.74) is 1.59. The Labute approximate surface area is 107 Å². The number of halogens is 1. The summed E-state index contributed by atoms with van der Waals surface area (Å²) < 4.78 is 13.3. The van der Waals surface area contributed by atoms with Crippen LogP contribution in [0.4, 0.5) is 4.39 Å². The fourth-order valence-electron chi connectivity index (χ4n) is 1.61. The van der Waals surface area contributed by atoms with Gasteiger partial charge >= 0.3 is 0 Å². The Hall–Kier alpha value is -0.680. The molecule has 0 aliphatic carbocycles. The molecule has 0 saturated heterocycles. The summed E-state index contributed by atoms with van der Waals surface area (Å²) >= 11 is 0. The van der Waals surface area contributed by atoms with Gasteiger partial charge < -0.3 is 0 Å². The highest BCUT2D eigenvalue weighted by atomic mass is 31.1. The van der Waals surface area contributed by atoms with Crippen LogP contribution in [0.2, 0.25) is 0 Å². The van der Waals surface area contributed by atoms with E-state index < -0.39 is 0 Å². The molecule has 0 aromatic carbocycles. The molecule has 0 spiro atoms. The number of allylic oxidation sites excluding steroid dienone is 6. The summed E-state index contributed by atoms with van der Waals surface area (Å²) in [4.78, 5) is 0. The maximum atomic E-state index is 13.3. The van der Waals surface area contributed by atoms with Crippen molar-refractivity contribution in [2.75, 3.05) is 12.8 Å². The predicted octanol–water partition coefficient (Wildman–Crippen LogP) is 5.44. The molecule has 2 atom stereocenters. The van der Waals surface area contributed by atoms with Crippen LogP contribution in [0.15, 0.2) is 48.9 Å². The van der Waals surface area contributed by atoms with E-state index >= 15 is 0 Å². The highest BCUT2D eigenvalue weighted by Gasteiger charge is 2.11. The van der Waals surface area contributed by atoms with Gasteiger partial charge in [-0.3, -0.25) is 0 Å². The SMILES string of the molecule is C=C/C=C(F)\C=C(\C=C)CC(C)P(C)CCC. The summed E-state index contributed by atoms with van der Waals surface area (Å²) in [6, 6.07) is 0. The van der Waals surface area contributed by atoms with Crippen LogP contribution in [-0.4, -0.2) is 18.5 Å². The lowest BCUT2D eigenvalue weighted by atomic mass is 10.1. The van der Waals surface area contributed by atoms with E-state index in [4.69, 9.17) is 0 Å². The van der Waals surface area contributed by atoms with Gasteiger partial charge in [0.15, 0.2) is 0 Å². The number of rotatable bonds is 8. The largest absolute Gasteiger partial charge is 0.207 e. The van der Waals surface area contributed by atoms with Crippen molar-refractivity contribution in [3.63, 3.8) is 0 Å². The monoisotopic (exact) mass is 254 g/mol. The number of hydrogen-bond acceptors (Lipinski definition) is 0. The van der Waals surface area contributed by atoms with E-state index in [0.29, 0.717) is 5.66 Å². The molecule has 0 rings (SSSR count). The van der Waals surface area contributed by atoms with Gasteiger partial charge in [-0.1, -0.05) is 45.6 Å². The fourth-order valence-corrected chi connectivity index (χ4v) is 3.28. The first-order valence-electron chi connectivity index (χ1n) is 6.06. The molecule has 0 nitrogen and oxygen atoms in total. The molecule has 0 amide bonds. The molecule has 0 aromatic rings. The van der Waals surface area contributed by atoms with Crippen LogP contribution in [0.1, 0.15) is 26.7 Å². The summed E-state index contributed by atoms with van der Waals surface area (Å²) in [6.45, 7) is 14.0. The van der Waals surface area contributed by atoms with Gasteiger partial charge in [0, 0.05) is 0 Å². The van der Waals surface area contributed by atoms with Gasteiger partial charge in [-0.15, -0.1) is 7.92 Å². The zero-order valence-electron chi connectivity index (χ0n) is 11.2. The minimum atomic E-state index is -0.252. The molecule has 2 unspecified atom stereocenters. The molecular weight excluding hydrogens is 230 g/mol. The molecule has 0 aliphatic rings. The zero-order chi connectivity index (χ0) is 13.3. The van der Waals surface area contributed by atoms with Crippen molar-refractivity contribution in [2.45, 2.75) is 32.3 Å². The van der Waals surface area contributed by atoms with Crippen LogP contribution >= 0.6 is 7.92 Å². The summed E-state index contributed by atoms with van der Waals surface area (Å²) in [5, 5.41) is 0. The second-order valence-corrected chi connectivity index (χ2v) is 7.09. The lowest BCUT2D eigenvalue weighted by Crippen LogP contribution is -2.02. The molecule has 0 aromatic heterocycles. The topological polar surface area (TPSA) is 0 Å². The second-order valence-electron chi connectivity index (χ2n) is 4.24. The molecular formula is C15H24FP. The molecule has 17 heavy (non-hydrogen) atoms. The van der Waals surface area contributed by atoms with Gasteiger partial charge in [0.1, 0.15) is 5.83 Å². The molecule has 0 bridgehead atoms. The minimum Gasteiger partial charge on any atom is -0.207 e. The van der Waals surface area contributed by atoms with Crippen LogP contribution in [0.5, 0.6) is 0 Å². The average molecular weight is 254 g/mol. The first-order valence-corrected chi connectivity index (χ1v) is 8.10. The smallest absolute Gasteiger partial charge is 0.123 e. The van der Waals surface area contributed by atoms with Crippen LogP contribution < -0.4 is 0 Å². The second kappa shape index (κ2) is 9.36. The van der Waals surface area contributed by atoms with Gasteiger partial charge in [0.25, 0.3) is 0 Å². The third-order valence-electron chi connectivity index (χ3n) is 2.72. The van der Waals surface area contributed by atoms with E-state index in [0.717, 1.165) is 12.0 Å². The fraction of sp³-hybridized carbons (Fsp3) is 0.467. The quantitative estimate of drug-likeness (QED) is 0.399. The third kappa shape index (κ3) is 7.28. The Morgan fingerprint density at radius 1 is 1.41 bits per heavy atom. The van der Waals surface area contributed by atoms with Gasteiger partial charge in [-0.25, -0.2) is 4.39 Å². The van der Waals surface area contributed by atoms with Crippen molar-refractivity contribution in [3.05, 3.63) is 48.9 Å². The molecule has 96 valence electrons. The summed E-state index contributed by atoms with van der Waals surface area (Å²) in [5.74, 6) is -0.252. The standard InChI is InChI=1S/C15H24FP/c1-6-9-15(16)12-14(8-3)11-13(4)17(5)10-7-2/h6,8-9,12-13H,1,3,7,10-11H2,2,4-5H3/b14-12-,15-9+. The maximum Gasteiger partial charge on any atom is 0.123 e. The van der Waals surface area contributed by atoms with E-state index in [9.17, 15) is 4.39 Å². The van der Waals surface area contributed by atoms with Gasteiger partial charge in [-0.2, -0.15) is 0 Å². The van der Waals surface area contributed by atoms with Crippen molar-refractivity contribution >= 4 is 7.92 Å². The normalized spacial score (nSPS) is 16.5. The Balaban J connectivity index is 4.54. The average Bonchev–Trinajstić information content (AvgIpc) is 2.28. The number of hydrogen-bond donors (Lipinski definition) is 0. The Kier molecular flexibility index (Phi) is 8.99. The van der Waals surface area contributed by atoms with E-state index in [2.05, 4.69) is 33.7 Å². The molecule has 0 aliphatic heterocycles. The van der Waals surface area contributed by atoms with Crippen LogP contribution in [0, 0.1) is 0 Å². The van der Waals surface area contributed by atoms with E-state index in [1.807, 2.05) is 0 Å². The van der Waals surface area contributed by atoms with Gasteiger partial charge in [0.2, 0.25) is 0 Å². The molecule has 0 heterocycles. The highest BCUT2D eigenvalue weighted by molar-refractivity contribution is 7.57. The Morgan fingerprint density at radius 2 is 2.06 bits per heavy atom. The van der Waals surface area contributed by atoms with Crippen LogP contribution in [0.3, 0.4) is 0 Å². The lowest BCUT2D eigenvalue weighted by molar-refractivity contribution is 0.664. The molecule has 0 saturated carbocycles. The zero-order valence-corrected chi connectivity index (χ0v) is 12.1. The Morgan fingerprint density at radius 3 is 2.53 bits per heavy atom. The van der Waals surface area contributed by atoms with Crippen molar-refractivity contribution in [3.8, 4) is 0 Å². The van der Waals surface area contributed by atoms with Gasteiger partial charge in [-0.05, 0) is 42.6 Å². The van der Waals surface area contributed by atoms with E-state index in [-0.39, 0.29) is 13.7 Å². The van der Waals surface area contributed by atoms with Crippen LogP contribution in [0.25, 0.3) is 0 Å². The third-order valence-corrected chi connectivity index (χ3v) is 5.56. The van der Waals surface area contributed by atoms with Crippen molar-refractivity contribution in [1.82, 2.24) is 0 Å². The minimum absolute atomic E-state index is 0.0363. The van der Waals surface area contributed by atoms with Crippen LogP contribution in [-0.2, 0) is 0 Å². The summed E-state index contributed by atoms with van der Waals surface area (Å²) in [7, 11) is 0.0363. The molecule has 2 heteroatoms. The highest BCUT2D eigenvalue weighted by Crippen LogP contribution is 2.40. The maximum absolute atomic E-state index is 13.3. The Bertz CT molecular complexity index is 302. The van der Waals surface area contributed by atoms with Crippen molar-refractivity contribution in [2.24, 2.45) is 0 Å². The molecule has 0 fully saturated rings. The molecule has 0 N–H and O–H groups in total. The van der Waals surface area contributed by atoms with Crippen molar-refractivity contribution < 1.29 is 4.39 Å². The summed E-state index contributed by atoms with van der Waals surface area (Å²) in [6.07, 6.45) is 9.55. The predicted molar refractivity (Wildman–Crippen MR) is 79.7 cm³/mol.